The Morgan fingerprint density at radius 1 is 0.897 bits per heavy atom. The third-order valence-corrected chi connectivity index (χ3v) is 13.3. The minimum Gasteiger partial charge on any atom is -0.463 e. The predicted molar refractivity (Wildman–Crippen MR) is 153 cm³/mol. The van der Waals surface area contributed by atoms with Crippen LogP contribution in [-0.4, -0.2) is 36.4 Å². The van der Waals surface area contributed by atoms with Gasteiger partial charge in [-0.25, -0.2) is 4.79 Å². The molecule has 220 valence electrons. The molecule has 4 fully saturated rings. The quantitative estimate of drug-likeness (QED) is 0.299. The van der Waals surface area contributed by atoms with Crippen molar-refractivity contribution in [2.45, 2.75) is 126 Å². The first-order chi connectivity index (χ1) is 18.0. The summed E-state index contributed by atoms with van der Waals surface area (Å²) in [5.74, 6) is 0.627. The number of aliphatic hydroxyl groups excluding tert-OH is 1. The number of rotatable bonds is 4. The molecule has 0 aromatic heterocycles. The maximum absolute atomic E-state index is 13.9. The van der Waals surface area contributed by atoms with Crippen molar-refractivity contribution >= 4 is 11.9 Å². The standard InChI is InChI=1S/C34H54O5/c1-9-38-27(36)21-39-28(37)34-16-14-29(2,3)20-24(34)23-10-11-26-31(6)19-22(35)18-30(4,5)25(31)12-13-33(26,8)32(23,7)15-17-34/h10,22,24-26,35H,9,11-21H2,1-8H3/t22-,24?,25?,26?,31+,32-,33-,34+/m1/s1. The molecule has 0 spiro atoms. The van der Waals surface area contributed by atoms with Gasteiger partial charge in [-0.2, -0.15) is 0 Å². The van der Waals surface area contributed by atoms with Crippen LogP contribution in [0.4, 0.5) is 0 Å². The fraction of sp³-hybridized carbons (Fsp3) is 0.882. The average molecular weight is 543 g/mol. The summed E-state index contributed by atoms with van der Waals surface area (Å²) < 4.78 is 10.8. The lowest BCUT2D eigenvalue weighted by Gasteiger charge is -2.71. The Balaban J connectivity index is 1.53. The third kappa shape index (κ3) is 4.26. The van der Waals surface area contributed by atoms with Crippen LogP contribution in [0.5, 0.6) is 0 Å². The lowest BCUT2D eigenvalue weighted by molar-refractivity contribution is -0.202. The van der Waals surface area contributed by atoms with Gasteiger partial charge in [0.15, 0.2) is 6.61 Å². The van der Waals surface area contributed by atoms with E-state index < -0.39 is 11.4 Å². The molecule has 0 amide bonds. The second kappa shape index (κ2) is 9.33. The number of esters is 2. The Labute approximate surface area is 236 Å². The van der Waals surface area contributed by atoms with E-state index >= 15 is 0 Å². The van der Waals surface area contributed by atoms with Crippen LogP contribution in [-0.2, 0) is 19.1 Å². The van der Waals surface area contributed by atoms with Gasteiger partial charge in [0.05, 0.1) is 18.1 Å². The highest BCUT2D eigenvalue weighted by Crippen LogP contribution is 2.75. The number of carbonyl (C=O) groups excluding carboxylic acids is 2. The predicted octanol–water partition coefficient (Wildman–Crippen LogP) is 7.26. The van der Waals surface area contributed by atoms with E-state index in [1.54, 1.807) is 6.92 Å². The monoisotopic (exact) mass is 542 g/mol. The van der Waals surface area contributed by atoms with Crippen molar-refractivity contribution in [3.63, 3.8) is 0 Å². The second-order valence-electron chi connectivity index (χ2n) is 16.3. The average Bonchev–Trinajstić information content (AvgIpc) is 2.81. The normalized spacial score (nSPS) is 45.9. The van der Waals surface area contributed by atoms with E-state index in [4.69, 9.17) is 9.47 Å². The molecule has 8 atom stereocenters. The van der Waals surface area contributed by atoms with Crippen LogP contribution in [0, 0.1) is 50.2 Å². The number of hydrogen-bond acceptors (Lipinski definition) is 5. The van der Waals surface area contributed by atoms with Crippen molar-refractivity contribution in [3.8, 4) is 0 Å². The SMILES string of the molecule is CCOC(=O)COC(=O)[C@]12CCC(C)(C)CC1C1=CCC3[C@@]4(C)C[C@H](O)CC(C)(C)C4CC[C@@]3(C)[C@]1(C)CC2. The highest BCUT2D eigenvalue weighted by molar-refractivity contribution is 5.81. The van der Waals surface area contributed by atoms with Gasteiger partial charge in [-0.05, 0) is 116 Å². The molecule has 39 heavy (non-hydrogen) atoms. The highest BCUT2D eigenvalue weighted by Gasteiger charge is 2.69. The number of aliphatic hydroxyl groups is 1. The molecule has 0 bridgehead atoms. The number of hydrogen-bond donors (Lipinski definition) is 1. The molecule has 4 saturated carbocycles. The number of ether oxygens (including phenoxy) is 2. The van der Waals surface area contributed by atoms with Crippen LogP contribution >= 0.6 is 0 Å². The molecule has 0 aromatic carbocycles. The Morgan fingerprint density at radius 3 is 2.28 bits per heavy atom. The molecule has 0 heterocycles. The zero-order valence-corrected chi connectivity index (χ0v) is 26.0. The molecule has 5 rings (SSSR count). The minimum absolute atomic E-state index is 0.0133. The Bertz CT molecular complexity index is 1040. The van der Waals surface area contributed by atoms with Crippen molar-refractivity contribution < 1.29 is 24.2 Å². The van der Waals surface area contributed by atoms with E-state index in [-0.39, 0.29) is 58.3 Å². The summed E-state index contributed by atoms with van der Waals surface area (Å²) in [6, 6.07) is 0. The maximum atomic E-state index is 13.9. The molecule has 5 aliphatic rings. The first-order valence-electron chi connectivity index (χ1n) is 15.8. The third-order valence-electron chi connectivity index (χ3n) is 13.3. The first kappa shape index (κ1) is 29.1. The van der Waals surface area contributed by atoms with Crippen LogP contribution in [0.2, 0.25) is 0 Å². The molecule has 0 saturated heterocycles. The largest absolute Gasteiger partial charge is 0.463 e. The van der Waals surface area contributed by atoms with E-state index in [1.807, 2.05) is 0 Å². The molecule has 0 radical (unpaired) electrons. The van der Waals surface area contributed by atoms with E-state index in [0.717, 1.165) is 51.4 Å². The Hall–Kier alpha value is -1.36. The van der Waals surface area contributed by atoms with Gasteiger partial charge >= 0.3 is 11.9 Å². The fourth-order valence-corrected chi connectivity index (χ4v) is 11.3. The number of fused-ring (bicyclic) bond motifs is 7. The molecule has 5 heteroatoms. The first-order valence-corrected chi connectivity index (χ1v) is 15.8. The van der Waals surface area contributed by atoms with Crippen LogP contribution < -0.4 is 0 Å². The van der Waals surface area contributed by atoms with E-state index in [2.05, 4.69) is 54.5 Å². The van der Waals surface area contributed by atoms with Crippen molar-refractivity contribution in [2.75, 3.05) is 13.2 Å². The van der Waals surface area contributed by atoms with Crippen LogP contribution in [0.3, 0.4) is 0 Å². The number of carbonyl (C=O) groups is 2. The minimum atomic E-state index is -0.555. The van der Waals surface area contributed by atoms with Crippen molar-refractivity contribution in [1.29, 1.82) is 0 Å². The molecule has 5 nitrogen and oxygen atoms in total. The van der Waals surface area contributed by atoms with Gasteiger partial charge in [0, 0.05) is 0 Å². The molecule has 3 unspecified atom stereocenters. The van der Waals surface area contributed by atoms with Gasteiger partial charge < -0.3 is 14.6 Å². The lowest BCUT2D eigenvalue weighted by Crippen LogP contribution is -2.64. The maximum Gasteiger partial charge on any atom is 0.344 e. The highest BCUT2D eigenvalue weighted by atomic mass is 16.6. The lowest BCUT2D eigenvalue weighted by atomic mass is 9.33. The van der Waals surface area contributed by atoms with Gasteiger partial charge in [-0.15, -0.1) is 0 Å². The van der Waals surface area contributed by atoms with E-state index in [9.17, 15) is 14.7 Å². The van der Waals surface area contributed by atoms with Gasteiger partial charge in [-0.1, -0.05) is 60.1 Å². The van der Waals surface area contributed by atoms with E-state index in [1.165, 1.54) is 18.4 Å². The molecule has 0 aliphatic heterocycles. The van der Waals surface area contributed by atoms with Crippen LogP contribution in [0.15, 0.2) is 11.6 Å². The van der Waals surface area contributed by atoms with Gasteiger partial charge in [0.25, 0.3) is 0 Å². The van der Waals surface area contributed by atoms with Crippen LogP contribution in [0.1, 0.15) is 120 Å². The molecule has 5 aliphatic carbocycles. The molecule has 0 aromatic rings. The van der Waals surface area contributed by atoms with E-state index in [0.29, 0.717) is 11.8 Å². The number of allylic oxidation sites excluding steroid dienone is 2. The molecular formula is C34H54O5. The zero-order chi connectivity index (χ0) is 28.6. The van der Waals surface area contributed by atoms with Crippen molar-refractivity contribution in [3.05, 3.63) is 11.6 Å². The summed E-state index contributed by atoms with van der Waals surface area (Å²) in [7, 11) is 0. The van der Waals surface area contributed by atoms with Gasteiger partial charge in [0.2, 0.25) is 0 Å². The summed E-state index contributed by atoms with van der Waals surface area (Å²) >= 11 is 0. The summed E-state index contributed by atoms with van der Waals surface area (Å²) in [6.07, 6.45) is 12.2. The van der Waals surface area contributed by atoms with Gasteiger partial charge in [0.1, 0.15) is 0 Å². The summed E-state index contributed by atoms with van der Waals surface area (Å²) in [4.78, 5) is 25.9. The van der Waals surface area contributed by atoms with Crippen molar-refractivity contribution in [1.82, 2.24) is 0 Å². The van der Waals surface area contributed by atoms with Crippen LogP contribution in [0.25, 0.3) is 0 Å². The fourth-order valence-electron chi connectivity index (χ4n) is 11.3. The van der Waals surface area contributed by atoms with Crippen molar-refractivity contribution in [2.24, 2.45) is 50.2 Å². The summed E-state index contributed by atoms with van der Waals surface area (Å²) in [5.41, 5.74) is 1.49. The zero-order valence-electron chi connectivity index (χ0n) is 26.0. The Kier molecular flexibility index (Phi) is 6.97. The summed E-state index contributed by atoms with van der Waals surface area (Å²) in [5, 5.41) is 11.1. The molecular weight excluding hydrogens is 488 g/mol. The second-order valence-corrected chi connectivity index (χ2v) is 16.3. The van der Waals surface area contributed by atoms with Gasteiger partial charge in [-0.3, -0.25) is 4.79 Å². The molecule has 1 N–H and O–H groups in total. The smallest absolute Gasteiger partial charge is 0.344 e. The Morgan fingerprint density at radius 2 is 1.59 bits per heavy atom. The topological polar surface area (TPSA) is 72.8 Å². The summed E-state index contributed by atoms with van der Waals surface area (Å²) in [6.45, 7) is 18.8.